The first kappa shape index (κ1) is 57.6. The highest BCUT2D eigenvalue weighted by Crippen LogP contribution is 2.26. The molecule has 360 valence electrons. The largest absolute Gasteiger partial charge is 0.457 e. The first-order chi connectivity index (χ1) is 29.6. The molecule has 0 spiro atoms. The summed E-state index contributed by atoms with van der Waals surface area (Å²) < 4.78 is 59.1. The highest BCUT2D eigenvalue weighted by Gasteiger charge is 2.48. The van der Waals surface area contributed by atoms with E-state index in [4.69, 9.17) is 18.9 Å². The van der Waals surface area contributed by atoms with Gasteiger partial charge in [-0.15, -0.1) is 0 Å². The first-order valence-electron chi connectivity index (χ1n) is 24.6. The maximum absolute atomic E-state index is 12.9. The zero-order chi connectivity index (χ0) is 44.7. The van der Waals surface area contributed by atoms with Crippen molar-refractivity contribution in [1.82, 2.24) is 0 Å². The molecule has 6 unspecified atom stereocenters. The average Bonchev–Trinajstić information content (AvgIpc) is 3.23. The van der Waals surface area contributed by atoms with E-state index < -0.39 is 59.8 Å². The molecule has 1 rings (SSSR count). The van der Waals surface area contributed by atoms with Gasteiger partial charge >= 0.3 is 16.4 Å². The third-order valence-corrected chi connectivity index (χ3v) is 11.8. The minimum Gasteiger partial charge on any atom is -0.457 e. The molecule has 0 aromatic heterocycles. The van der Waals surface area contributed by atoms with E-state index in [2.05, 4.69) is 42.3 Å². The molecule has 0 aliphatic carbocycles. The number of esters is 1. The van der Waals surface area contributed by atoms with E-state index in [9.17, 15) is 33.1 Å². The van der Waals surface area contributed by atoms with Crippen molar-refractivity contribution in [3.05, 3.63) is 24.3 Å². The van der Waals surface area contributed by atoms with Crippen molar-refractivity contribution >= 4 is 16.4 Å². The Morgan fingerprint density at radius 2 is 1.08 bits per heavy atom. The van der Waals surface area contributed by atoms with E-state index in [-0.39, 0.29) is 19.6 Å². The van der Waals surface area contributed by atoms with E-state index in [1.54, 1.807) is 0 Å². The molecular weight excluding hydrogens is 801 g/mol. The second-order valence-corrected chi connectivity index (χ2v) is 18.1. The molecule has 6 atom stereocenters. The number of hydrogen-bond acceptors (Lipinski definition) is 11. The number of aliphatic hydroxyl groups excluding tert-OH is 3. The average molecular weight is 891 g/mol. The zero-order valence-electron chi connectivity index (χ0n) is 38.5. The lowest BCUT2D eigenvalue weighted by molar-refractivity contribution is -0.301. The predicted molar refractivity (Wildman–Crippen MR) is 244 cm³/mol. The van der Waals surface area contributed by atoms with E-state index in [1.807, 2.05) is 0 Å². The van der Waals surface area contributed by atoms with Crippen LogP contribution in [0.5, 0.6) is 0 Å². The molecule has 13 heteroatoms. The Balaban J connectivity index is 2.38. The van der Waals surface area contributed by atoms with Crippen LogP contribution >= 0.6 is 0 Å². The van der Waals surface area contributed by atoms with Crippen molar-refractivity contribution < 1.29 is 56.2 Å². The Labute approximate surface area is 371 Å². The van der Waals surface area contributed by atoms with E-state index >= 15 is 0 Å². The number of hydrogen-bond donors (Lipinski definition) is 4. The fraction of sp³-hybridized carbons (Fsp3) is 0.896. The quantitative estimate of drug-likeness (QED) is 0.0197. The van der Waals surface area contributed by atoms with Crippen LogP contribution < -0.4 is 0 Å². The number of ether oxygens (including phenoxy) is 4. The number of rotatable bonds is 43. The van der Waals surface area contributed by atoms with Crippen LogP contribution in [0.4, 0.5) is 0 Å². The van der Waals surface area contributed by atoms with Crippen LogP contribution in [0.2, 0.25) is 0 Å². The number of carbonyl (C=O) groups is 1. The SMILES string of the molecule is CCCCC/C=C\C/C=C\CCCCCCCC(=O)OC(COCCCCCCCCCCCCCCCCCCCCC)COC1OC(CO)C(O)C(OS(=O)(=O)O)C1O. The van der Waals surface area contributed by atoms with Gasteiger partial charge in [0, 0.05) is 13.0 Å². The van der Waals surface area contributed by atoms with Crippen molar-refractivity contribution in [3.8, 4) is 0 Å². The summed E-state index contributed by atoms with van der Waals surface area (Å²) in [5.41, 5.74) is 0. The topological polar surface area (TPSA) is 178 Å². The molecule has 1 saturated heterocycles. The number of carbonyl (C=O) groups excluding carboxylic acids is 1. The van der Waals surface area contributed by atoms with Crippen LogP contribution in [0.3, 0.4) is 0 Å². The highest BCUT2D eigenvalue weighted by atomic mass is 32.3. The number of allylic oxidation sites excluding steroid dienone is 4. The van der Waals surface area contributed by atoms with Crippen LogP contribution in [0.25, 0.3) is 0 Å². The van der Waals surface area contributed by atoms with Crippen molar-refractivity contribution in [2.24, 2.45) is 0 Å². The van der Waals surface area contributed by atoms with Gasteiger partial charge in [-0.05, 0) is 44.9 Å². The van der Waals surface area contributed by atoms with Crippen molar-refractivity contribution in [1.29, 1.82) is 0 Å². The van der Waals surface area contributed by atoms with Crippen LogP contribution in [0.15, 0.2) is 24.3 Å². The summed E-state index contributed by atoms with van der Waals surface area (Å²) in [5, 5.41) is 30.7. The van der Waals surface area contributed by atoms with Gasteiger partial charge in [-0.1, -0.05) is 186 Å². The predicted octanol–water partition coefficient (Wildman–Crippen LogP) is 10.8. The summed E-state index contributed by atoms with van der Waals surface area (Å²) >= 11 is 0. The van der Waals surface area contributed by atoms with E-state index in [0.29, 0.717) is 13.0 Å². The first-order valence-corrected chi connectivity index (χ1v) is 26.0. The summed E-state index contributed by atoms with van der Waals surface area (Å²) in [6.45, 7) is 3.98. The molecule has 0 amide bonds. The van der Waals surface area contributed by atoms with Crippen molar-refractivity contribution in [3.63, 3.8) is 0 Å². The fourth-order valence-corrected chi connectivity index (χ4v) is 8.09. The van der Waals surface area contributed by atoms with Gasteiger partial charge < -0.3 is 34.3 Å². The second-order valence-electron chi connectivity index (χ2n) is 17.1. The highest BCUT2D eigenvalue weighted by molar-refractivity contribution is 7.80. The Morgan fingerprint density at radius 1 is 0.623 bits per heavy atom. The third-order valence-electron chi connectivity index (χ3n) is 11.3. The van der Waals surface area contributed by atoms with Crippen LogP contribution in [-0.4, -0.2) is 97.5 Å². The maximum Gasteiger partial charge on any atom is 0.397 e. The standard InChI is InChI=1S/C48H90O12S/c1-3-5-7-9-11-13-15-17-19-20-21-22-24-26-28-30-32-34-36-38-56-40-42(41-57-48-46(52)47(60-61(53,54)55)45(51)43(39-49)59-48)58-44(50)37-35-33-31-29-27-25-23-18-16-14-12-10-8-6-4-2/h12,14,18,23,42-43,45-49,51-52H,3-11,13,15-17,19-22,24-41H2,1-2H3,(H,53,54,55)/b14-12-,23-18-. The Hall–Kier alpha value is -1.42. The van der Waals surface area contributed by atoms with E-state index in [0.717, 1.165) is 64.2 Å². The maximum atomic E-state index is 12.9. The lowest BCUT2D eigenvalue weighted by Gasteiger charge is -2.41. The van der Waals surface area contributed by atoms with Gasteiger partial charge in [-0.3, -0.25) is 9.35 Å². The molecule has 1 heterocycles. The minimum absolute atomic E-state index is 0.0345. The molecule has 12 nitrogen and oxygen atoms in total. The number of unbranched alkanes of at least 4 members (excludes halogenated alkanes) is 26. The Morgan fingerprint density at radius 3 is 1.59 bits per heavy atom. The second kappa shape index (κ2) is 40.1. The summed E-state index contributed by atoms with van der Waals surface area (Å²) in [5.74, 6) is -0.410. The lowest BCUT2D eigenvalue weighted by atomic mass is 9.99. The molecule has 61 heavy (non-hydrogen) atoms. The van der Waals surface area contributed by atoms with Crippen LogP contribution in [-0.2, 0) is 38.3 Å². The molecule has 4 N–H and O–H groups in total. The summed E-state index contributed by atoms with van der Waals surface area (Å²) in [6.07, 6.45) is 36.4. The zero-order valence-corrected chi connectivity index (χ0v) is 39.3. The molecule has 1 aliphatic rings. The van der Waals surface area contributed by atoms with Crippen molar-refractivity contribution in [2.45, 2.75) is 250 Å². The molecular formula is C48H90O12S. The van der Waals surface area contributed by atoms with Gasteiger partial charge in [0.05, 0.1) is 19.8 Å². The van der Waals surface area contributed by atoms with Gasteiger partial charge in [0.15, 0.2) is 6.29 Å². The van der Waals surface area contributed by atoms with Crippen molar-refractivity contribution in [2.75, 3.05) is 26.4 Å². The van der Waals surface area contributed by atoms with Gasteiger partial charge in [0.25, 0.3) is 0 Å². The smallest absolute Gasteiger partial charge is 0.397 e. The molecule has 0 aromatic carbocycles. The van der Waals surface area contributed by atoms with E-state index in [1.165, 1.54) is 122 Å². The van der Waals surface area contributed by atoms with Gasteiger partial charge in [-0.2, -0.15) is 8.42 Å². The Kier molecular flexibility index (Phi) is 37.9. The van der Waals surface area contributed by atoms with Gasteiger partial charge in [0.1, 0.15) is 30.5 Å². The summed E-state index contributed by atoms with van der Waals surface area (Å²) in [4.78, 5) is 12.9. The molecule has 0 aromatic rings. The lowest BCUT2D eigenvalue weighted by Crippen LogP contribution is -2.60. The Bertz CT molecular complexity index is 1170. The molecule has 1 aliphatic heterocycles. The molecule has 0 saturated carbocycles. The molecule has 0 radical (unpaired) electrons. The normalized spacial score (nSPS) is 20.3. The molecule has 0 bridgehead atoms. The fourth-order valence-electron chi connectivity index (χ4n) is 7.59. The molecule has 1 fully saturated rings. The van der Waals surface area contributed by atoms with Crippen LogP contribution in [0, 0.1) is 0 Å². The monoisotopic (exact) mass is 891 g/mol. The summed E-state index contributed by atoms with van der Waals surface area (Å²) in [7, 11) is -5.06. The third kappa shape index (κ3) is 33.7. The summed E-state index contributed by atoms with van der Waals surface area (Å²) in [6, 6.07) is 0. The van der Waals surface area contributed by atoms with Gasteiger partial charge in [0.2, 0.25) is 0 Å². The number of aliphatic hydroxyl groups is 3. The van der Waals surface area contributed by atoms with Gasteiger partial charge in [-0.25, -0.2) is 4.18 Å². The van der Waals surface area contributed by atoms with Crippen LogP contribution in [0.1, 0.15) is 213 Å². The minimum atomic E-state index is -5.06.